The van der Waals surface area contributed by atoms with Crippen molar-refractivity contribution in [2.24, 2.45) is 0 Å². The summed E-state index contributed by atoms with van der Waals surface area (Å²) in [7, 11) is 1.51. The van der Waals surface area contributed by atoms with Gasteiger partial charge in [0, 0.05) is 12.3 Å². The number of rotatable bonds is 3. The molecule has 0 fully saturated rings. The first-order chi connectivity index (χ1) is 7.38. The lowest BCUT2D eigenvalue weighted by Crippen LogP contribution is -1.93. The van der Waals surface area contributed by atoms with Crippen molar-refractivity contribution in [3.8, 4) is 17.6 Å². The van der Waals surface area contributed by atoms with Gasteiger partial charge in [0.2, 0.25) is 5.88 Å². The molecular formula is C11H9N2O2. The van der Waals surface area contributed by atoms with Gasteiger partial charge >= 0.3 is 6.01 Å². The minimum atomic E-state index is 0.287. The predicted molar refractivity (Wildman–Crippen MR) is 53.9 cm³/mol. The largest absolute Gasteiger partial charge is 0.467 e. The van der Waals surface area contributed by atoms with Gasteiger partial charge in [-0.2, -0.15) is 4.98 Å². The van der Waals surface area contributed by atoms with E-state index in [1.165, 1.54) is 7.11 Å². The second-order valence-electron chi connectivity index (χ2n) is 2.72. The van der Waals surface area contributed by atoms with Crippen LogP contribution in [0.3, 0.4) is 0 Å². The van der Waals surface area contributed by atoms with Crippen LogP contribution in [0.25, 0.3) is 0 Å². The third kappa shape index (κ3) is 2.43. The van der Waals surface area contributed by atoms with E-state index in [0.29, 0.717) is 11.6 Å². The average Bonchev–Trinajstić information content (AvgIpc) is 2.31. The van der Waals surface area contributed by atoms with Crippen LogP contribution in [-0.2, 0) is 0 Å². The van der Waals surface area contributed by atoms with Crippen molar-refractivity contribution < 1.29 is 9.47 Å². The maximum Gasteiger partial charge on any atom is 0.319 e. The molecule has 2 rings (SSSR count). The van der Waals surface area contributed by atoms with Crippen molar-refractivity contribution in [2.75, 3.05) is 7.11 Å². The summed E-state index contributed by atoms with van der Waals surface area (Å²) in [6.45, 7) is 0. The van der Waals surface area contributed by atoms with Gasteiger partial charge in [0.05, 0.1) is 7.11 Å². The highest BCUT2D eigenvalue weighted by Crippen LogP contribution is 2.19. The van der Waals surface area contributed by atoms with Gasteiger partial charge in [0.1, 0.15) is 5.75 Å². The summed E-state index contributed by atoms with van der Waals surface area (Å²) in [5.41, 5.74) is 0. The van der Waals surface area contributed by atoms with E-state index in [9.17, 15) is 0 Å². The van der Waals surface area contributed by atoms with Crippen molar-refractivity contribution in [1.29, 1.82) is 0 Å². The SMILES string of the molecule is COc1nccc(Oc2cc[c]cc2)n1. The zero-order valence-electron chi connectivity index (χ0n) is 8.18. The number of ether oxygens (including phenoxy) is 2. The first-order valence-corrected chi connectivity index (χ1v) is 4.39. The topological polar surface area (TPSA) is 44.2 Å². The second kappa shape index (κ2) is 4.41. The van der Waals surface area contributed by atoms with E-state index < -0.39 is 0 Å². The summed E-state index contributed by atoms with van der Waals surface area (Å²) in [4.78, 5) is 7.90. The minimum Gasteiger partial charge on any atom is -0.467 e. The summed E-state index contributed by atoms with van der Waals surface area (Å²) in [6.07, 6.45) is 1.58. The lowest BCUT2D eigenvalue weighted by molar-refractivity contribution is 0.366. The maximum absolute atomic E-state index is 5.47. The Balaban J connectivity index is 2.17. The summed E-state index contributed by atoms with van der Waals surface area (Å²) >= 11 is 0. The van der Waals surface area contributed by atoms with E-state index in [2.05, 4.69) is 16.0 Å². The summed E-state index contributed by atoms with van der Waals surface area (Å²) < 4.78 is 10.4. The van der Waals surface area contributed by atoms with E-state index in [-0.39, 0.29) is 6.01 Å². The molecule has 0 aliphatic carbocycles. The zero-order valence-corrected chi connectivity index (χ0v) is 8.18. The number of hydrogen-bond acceptors (Lipinski definition) is 4. The Morgan fingerprint density at radius 3 is 2.73 bits per heavy atom. The van der Waals surface area contributed by atoms with Crippen LogP contribution >= 0.6 is 0 Å². The minimum absolute atomic E-state index is 0.287. The second-order valence-corrected chi connectivity index (χ2v) is 2.72. The van der Waals surface area contributed by atoms with Gasteiger partial charge in [-0.3, -0.25) is 0 Å². The van der Waals surface area contributed by atoms with Crippen molar-refractivity contribution in [3.05, 3.63) is 42.6 Å². The molecule has 1 heterocycles. The standard InChI is InChI=1S/C11H9N2O2/c1-14-11-12-8-7-10(13-11)15-9-5-3-2-4-6-9/h3-8H,1H3. The normalized spacial score (nSPS) is 9.67. The average molecular weight is 201 g/mol. The highest BCUT2D eigenvalue weighted by Gasteiger charge is 2.00. The monoisotopic (exact) mass is 201 g/mol. The molecule has 0 spiro atoms. The van der Waals surface area contributed by atoms with E-state index in [4.69, 9.17) is 9.47 Å². The predicted octanol–water partition coefficient (Wildman–Crippen LogP) is 2.08. The highest BCUT2D eigenvalue weighted by molar-refractivity contribution is 5.25. The van der Waals surface area contributed by atoms with Gasteiger partial charge in [-0.25, -0.2) is 4.98 Å². The number of aromatic nitrogens is 2. The molecule has 0 unspecified atom stereocenters. The molecular weight excluding hydrogens is 192 g/mol. The zero-order chi connectivity index (χ0) is 10.5. The molecule has 0 aliphatic heterocycles. The van der Waals surface area contributed by atoms with E-state index in [1.807, 2.05) is 0 Å². The van der Waals surface area contributed by atoms with Crippen LogP contribution in [0.4, 0.5) is 0 Å². The molecule has 75 valence electrons. The third-order valence-corrected chi connectivity index (χ3v) is 1.70. The lowest BCUT2D eigenvalue weighted by Gasteiger charge is -2.04. The quantitative estimate of drug-likeness (QED) is 0.762. The molecule has 0 bridgehead atoms. The summed E-state index contributed by atoms with van der Waals surface area (Å²) in [5, 5.41) is 0. The van der Waals surface area contributed by atoms with Crippen molar-refractivity contribution in [3.63, 3.8) is 0 Å². The molecule has 2 aromatic rings. The number of methoxy groups -OCH3 is 1. The molecule has 1 aromatic heterocycles. The van der Waals surface area contributed by atoms with Crippen molar-refractivity contribution in [1.82, 2.24) is 9.97 Å². The number of hydrogen-bond donors (Lipinski definition) is 0. The summed E-state index contributed by atoms with van der Waals surface area (Å²) in [5.74, 6) is 1.16. The third-order valence-electron chi connectivity index (χ3n) is 1.70. The van der Waals surface area contributed by atoms with Gasteiger partial charge in [-0.1, -0.05) is 12.1 Å². The summed E-state index contributed by atoms with van der Waals surface area (Å²) in [6, 6.07) is 12.0. The smallest absolute Gasteiger partial charge is 0.319 e. The molecule has 0 atom stereocenters. The molecule has 0 amide bonds. The van der Waals surface area contributed by atoms with Crippen LogP contribution < -0.4 is 9.47 Å². The number of nitrogens with zero attached hydrogens (tertiary/aromatic N) is 2. The Morgan fingerprint density at radius 1 is 1.20 bits per heavy atom. The van der Waals surface area contributed by atoms with Gasteiger partial charge in [-0.05, 0) is 18.2 Å². The molecule has 0 saturated heterocycles. The van der Waals surface area contributed by atoms with Crippen LogP contribution in [0, 0.1) is 6.07 Å². The lowest BCUT2D eigenvalue weighted by atomic mass is 10.3. The van der Waals surface area contributed by atoms with Crippen LogP contribution in [0.1, 0.15) is 0 Å². The van der Waals surface area contributed by atoms with Crippen molar-refractivity contribution in [2.45, 2.75) is 0 Å². The molecule has 0 aliphatic rings. The molecule has 4 heteroatoms. The van der Waals surface area contributed by atoms with Gasteiger partial charge in [-0.15, -0.1) is 0 Å². The van der Waals surface area contributed by atoms with Gasteiger partial charge in [0.15, 0.2) is 0 Å². The van der Waals surface area contributed by atoms with Crippen LogP contribution in [0.15, 0.2) is 36.5 Å². The van der Waals surface area contributed by atoms with E-state index >= 15 is 0 Å². The van der Waals surface area contributed by atoms with Crippen molar-refractivity contribution >= 4 is 0 Å². The Bertz CT molecular complexity index is 432. The molecule has 1 radical (unpaired) electrons. The number of benzene rings is 1. The first kappa shape index (κ1) is 9.45. The van der Waals surface area contributed by atoms with Crippen LogP contribution in [-0.4, -0.2) is 17.1 Å². The van der Waals surface area contributed by atoms with Gasteiger partial charge < -0.3 is 9.47 Å². The fourth-order valence-corrected chi connectivity index (χ4v) is 1.04. The maximum atomic E-state index is 5.47. The first-order valence-electron chi connectivity index (χ1n) is 4.39. The Hall–Kier alpha value is -2.10. The fraction of sp³-hybridized carbons (Fsp3) is 0.0909. The van der Waals surface area contributed by atoms with Gasteiger partial charge in [0.25, 0.3) is 0 Å². The fourth-order valence-electron chi connectivity index (χ4n) is 1.04. The Morgan fingerprint density at radius 2 is 2.00 bits per heavy atom. The molecule has 0 N–H and O–H groups in total. The van der Waals surface area contributed by atoms with E-state index in [1.54, 1.807) is 36.5 Å². The molecule has 0 saturated carbocycles. The molecule has 15 heavy (non-hydrogen) atoms. The molecule has 4 nitrogen and oxygen atoms in total. The van der Waals surface area contributed by atoms with Crippen LogP contribution in [0.5, 0.6) is 17.6 Å². The Kier molecular flexibility index (Phi) is 2.78. The van der Waals surface area contributed by atoms with Crippen LogP contribution in [0.2, 0.25) is 0 Å². The Labute approximate surface area is 87.5 Å². The molecule has 1 aromatic carbocycles. The highest BCUT2D eigenvalue weighted by atomic mass is 16.5. The van der Waals surface area contributed by atoms with E-state index in [0.717, 1.165) is 0 Å².